The summed E-state index contributed by atoms with van der Waals surface area (Å²) in [5.41, 5.74) is -6.85. The van der Waals surface area contributed by atoms with Crippen LogP contribution in [0.3, 0.4) is 0 Å². The van der Waals surface area contributed by atoms with E-state index in [1.54, 1.807) is 0 Å². The first-order chi connectivity index (χ1) is 21.1. The number of benzene rings is 2. The van der Waals surface area contributed by atoms with Crippen LogP contribution < -0.4 is 20.1 Å². The minimum absolute atomic E-state index is 0.0133. The number of hydrogen-bond acceptors (Lipinski definition) is 8. The molecule has 0 aromatic heterocycles. The fraction of sp³-hybridized carbons (Fsp3) is 0.533. The molecule has 2 aromatic carbocycles. The van der Waals surface area contributed by atoms with Gasteiger partial charge in [-0.2, -0.15) is 13.2 Å². The van der Waals surface area contributed by atoms with Crippen LogP contribution in [0.2, 0.25) is 0 Å². The highest BCUT2D eigenvalue weighted by Crippen LogP contribution is 2.49. The van der Waals surface area contributed by atoms with Gasteiger partial charge in [-0.05, 0) is 81.0 Å². The molecule has 0 saturated heterocycles. The number of fused-ring (bicyclic) bond motifs is 2. The standard InChI is InChI=1S/C30H34F4N2O8S/c1-43-23-14-22(31)24(44-20-7-9-29(40,10-8-20)28(38)39)12-18(23)15-35-26-17-6-5-16(11-17)25(26)27(37)36-19-3-2-4-21(13-19)45(41,42)30(32,33)34/h2-4,12-14,16-17,20,25-26,35,40H,5-11,15H2,1H3,(H,36,37)(H,38,39)/t16-,17+,20-,25-,26+,29-/m0/s1. The van der Waals surface area contributed by atoms with Crippen molar-refractivity contribution in [2.24, 2.45) is 17.8 Å². The van der Waals surface area contributed by atoms with E-state index in [4.69, 9.17) is 9.47 Å². The van der Waals surface area contributed by atoms with Crippen LogP contribution in [0.25, 0.3) is 0 Å². The number of carbonyl (C=O) groups excluding carboxylic acids is 1. The summed E-state index contributed by atoms with van der Waals surface area (Å²) in [6, 6.07) is 6.39. The predicted octanol–water partition coefficient (Wildman–Crippen LogP) is 4.41. The number of carbonyl (C=O) groups is 2. The van der Waals surface area contributed by atoms with Crippen molar-refractivity contribution < 1.29 is 55.3 Å². The number of anilines is 1. The van der Waals surface area contributed by atoms with Crippen molar-refractivity contribution in [3.63, 3.8) is 0 Å². The smallest absolute Gasteiger partial charge is 0.496 e. The van der Waals surface area contributed by atoms with Gasteiger partial charge in [-0.1, -0.05) is 6.07 Å². The van der Waals surface area contributed by atoms with Gasteiger partial charge in [0, 0.05) is 29.9 Å². The minimum atomic E-state index is -5.59. The van der Waals surface area contributed by atoms with Crippen LogP contribution in [0.15, 0.2) is 41.3 Å². The average Bonchev–Trinajstić information content (AvgIpc) is 3.60. The Kier molecular flexibility index (Phi) is 9.08. The number of carboxylic acid groups (broad SMARTS) is 1. The Labute approximate surface area is 257 Å². The van der Waals surface area contributed by atoms with Crippen molar-refractivity contribution in [2.45, 2.75) is 79.6 Å². The molecule has 3 fully saturated rings. The second-order valence-corrected chi connectivity index (χ2v) is 13.9. The lowest BCUT2D eigenvalue weighted by Gasteiger charge is -2.33. The van der Waals surface area contributed by atoms with Gasteiger partial charge in [-0.3, -0.25) is 4.79 Å². The first kappa shape index (κ1) is 32.9. The molecule has 0 radical (unpaired) electrons. The zero-order valence-corrected chi connectivity index (χ0v) is 25.1. The molecular weight excluding hydrogens is 624 g/mol. The third-order valence-corrected chi connectivity index (χ3v) is 10.7. The van der Waals surface area contributed by atoms with Gasteiger partial charge in [0.2, 0.25) is 5.91 Å². The topological polar surface area (TPSA) is 151 Å². The first-order valence-corrected chi connectivity index (χ1v) is 16.1. The Morgan fingerprint density at radius 1 is 1.04 bits per heavy atom. The zero-order valence-electron chi connectivity index (χ0n) is 24.3. The van der Waals surface area contributed by atoms with Gasteiger partial charge in [-0.15, -0.1) is 0 Å². The molecule has 1 amide bonds. The molecule has 0 spiro atoms. The quantitative estimate of drug-likeness (QED) is 0.272. The second kappa shape index (κ2) is 12.4. The summed E-state index contributed by atoms with van der Waals surface area (Å²) in [5.74, 6) is -2.65. The van der Waals surface area contributed by atoms with Crippen molar-refractivity contribution in [1.29, 1.82) is 0 Å². The number of amides is 1. The van der Waals surface area contributed by atoms with E-state index in [-0.39, 0.29) is 67.3 Å². The summed E-state index contributed by atoms with van der Waals surface area (Å²) < 4.78 is 89.1. The van der Waals surface area contributed by atoms with E-state index < -0.39 is 55.6 Å². The molecule has 10 nitrogen and oxygen atoms in total. The number of aliphatic carboxylic acids is 1. The van der Waals surface area contributed by atoms with Crippen molar-refractivity contribution in [3.8, 4) is 11.5 Å². The Hall–Kier alpha value is -3.43. The van der Waals surface area contributed by atoms with Crippen LogP contribution in [0, 0.1) is 23.6 Å². The van der Waals surface area contributed by atoms with Gasteiger partial charge in [0.05, 0.1) is 24.0 Å². The first-order valence-electron chi connectivity index (χ1n) is 14.6. The largest absolute Gasteiger partial charge is 0.501 e. The Morgan fingerprint density at radius 2 is 1.73 bits per heavy atom. The Balaban J connectivity index is 1.28. The molecule has 15 heteroatoms. The molecule has 3 saturated carbocycles. The van der Waals surface area contributed by atoms with E-state index in [0.717, 1.165) is 37.5 Å². The van der Waals surface area contributed by atoms with Crippen LogP contribution in [0.1, 0.15) is 50.5 Å². The zero-order chi connectivity index (χ0) is 32.7. The Bertz CT molecular complexity index is 1560. The third kappa shape index (κ3) is 6.61. The average molecular weight is 659 g/mol. The van der Waals surface area contributed by atoms with E-state index in [1.807, 2.05) is 0 Å². The van der Waals surface area contributed by atoms with E-state index >= 15 is 0 Å². The number of nitrogens with one attached hydrogen (secondary N) is 2. The van der Waals surface area contributed by atoms with Crippen molar-refractivity contribution in [2.75, 3.05) is 12.4 Å². The van der Waals surface area contributed by atoms with E-state index in [1.165, 1.54) is 25.3 Å². The molecule has 5 rings (SSSR count). The van der Waals surface area contributed by atoms with Crippen molar-refractivity contribution >= 4 is 27.4 Å². The number of halogens is 4. The normalized spacial score (nSPS) is 28.1. The number of ether oxygens (including phenoxy) is 2. The SMILES string of the molecule is COc1cc(F)c(O[C@H]2CC[C@@](O)(C(=O)O)CC2)cc1CN[C@@H]1[C@@H]2CC[C@@H](C2)[C@@H]1C(=O)Nc1cccc(S(=O)(=O)C(F)(F)F)c1. The lowest BCUT2D eigenvalue weighted by atomic mass is 9.83. The maximum Gasteiger partial charge on any atom is 0.501 e. The van der Waals surface area contributed by atoms with E-state index in [2.05, 4.69) is 10.6 Å². The summed E-state index contributed by atoms with van der Waals surface area (Å²) in [6.45, 7) is 0.167. The molecule has 3 aliphatic carbocycles. The third-order valence-electron chi connectivity index (χ3n) is 9.25. The molecule has 45 heavy (non-hydrogen) atoms. The molecule has 0 heterocycles. The molecule has 2 bridgehead atoms. The van der Waals surface area contributed by atoms with E-state index in [0.29, 0.717) is 5.56 Å². The van der Waals surface area contributed by atoms with Crippen molar-refractivity contribution in [1.82, 2.24) is 5.32 Å². The van der Waals surface area contributed by atoms with Gasteiger partial charge >= 0.3 is 11.5 Å². The number of sulfone groups is 1. The van der Waals surface area contributed by atoms with Crippen LogP contribution in [-0.4, -0.2) is 60.9 Å². The molecule has 246 valence electrons. The second-order valence-electron chi connectivity index (χ2n) is 12.0. The molecule has 4 atom stereocenters. The van der Waals surface area contributed by atoms with Gasteiger partial charge in [-0.25, -0.2) is 17.6 Å². The van der Waals surface area contributed by atoms with Gasteiger partial charge in [0.25, 0.3) is 9.84 Å². The van der Waals surface area contributed by atoms with Gasteiger partial charge in [0.1, 0.15) is 5.75 Å². The molecule has 0 aliphatic heterocycles. The number of alkyl halides is 3. The molecule has 3 aliphatic rings. The lowest BCUT2D eigenvalue weighted by Crippen LogP contribution is -2.45. The summed E-state index contributed by atoms with van der Waals surface area (Å²) >= 11 is 0. The molecule has 2 aromatic rings. The number of methoxy groups -OCH3 is 1. The van der Waals surface area contributed by atoms with Crippen LogP contribution in [0.5, 0.6) is 11.5 Å². The minimum Gasteiger partial charge on any atom is -0.496 e. The lowest BCUT2D eigenvalue weighted by molar-refractivity contribution is -0.163. The number of rotatable bonds is 10. The maximum absolute atomic E-state index is 14.9. The van der Waals surface area contributed by atoms with E-state index in [9.17, 15) is 45.8 Å². The summed E-state index contributed by atoms with van der Waals surface area (Å²) in [6.07, 6.45) is 2.28. The van der Waals surface area contributed by atoms with Crippen molar-refractivity contribution in [3.05, 3.63) is 47.8 Å². The number of carboxylic acids is 1. The highest BCUT2D eigenvalue weighted by Gasteiger charge is 2.51. The fourth-order valence-electron chi connectivity index (χ4n) is 6.87. The predicted molar refractivity (Wildman–Crippen MR) is 152 cm³/mol. The van der Waals surface area contributed by atoms with Crippen LogP contribution in [0.4, 0.5) is 23.2 Å². The van der Waals surface area contributed by atoms with Crippen LogP contribution in [-0.2, 0) is 26.0 Å². The van der Waals surface area contributed by atoms with Crippen LogP contribution >= 0.6 is 0 Å². The highest BCUT2D eigenvalue weighted by atomic mass is 32.2. The highest BCUT2D eigenvalue weighted by molar-refractivity contribution is 7.92. The van der Waals surface area contributed by atoms with Gasteiger partial charge in [0.15, 0.2) is 17.2 Å². The number of aliphatic hydroxyl groups is 1. The fourth-order valence-corrected chi connectivity index (χ4v) is 7.67. The Morgan fingerprint density at radius 3 is 2.38 bits per heavy atom. The summed E-state index contributed by atoms with van der Waals surface area (Å²) in [5, 5.41) is 25.4. The summed E-state index contributed by atoms with van der Waals surface area (Å²) in [7, 11) is -4.21. The summed E-state index contributed by atoms with van der Waals surface area (Å²) in [4.78, 5) is 23.8. The number of hydrogen-bond donors (Lipinski definition) is 4. The van der Waals surface area contributed by atoms with Gasteiger partial charge < -0.3 is 30.3 Å². The molecule has 0 unspecified atom stereocenters. The molecular formula is C30H34F4N2O8S. The maximum atomic E-state index is 14.9. The molecule has 4 N–H and O–H groups in total. The monoisotopic (exact) mass is 658 g/mol.